The quantitative estimate of drug-likeness (QED) is 0.941. The van der Waals surface area contributed by atoms with Crippen molar-refractivity contribution >= 4 is 5.82 Å². The molecule has 1 N–H and O–H groups in total. The monoisotopic (exact) mass is 283 g/mol. The third-order valence-corrected chi connectivity index (χ3v) is 3.96. The molecule has 0 spiro atoms. The molecule has 1 aromatic carbocycles. The van der Waals surface area contributed by atoms with Crippen molar-refractivity contribution in [2.45, 2.75) is 32.3 Å². The topological polar surface area (TPSA) is 49.2 Å². The minimum atomic E-state index is -0.242. The molecule has 0 aliphatic carbocycles. The van der Waals surface area contributed by atoms with Gasteiger partial charge in [0.1, 0.15) is 5.82 Å². The van der Waals surface area contributed by atoms with Gasteiger partial charge in [0.05, 0.1) is 6.10 Å². The molecule has 0 amide bonds. The van der Waals surface area contributed by atoms with E-state index in [0.29, 0.717) is 12.5 Å². The summed E-state index contributed by atoms with van der Waals surface area (Å²) in [4.78, 5) is 11.1. The Morgan fingerprint density at radius 1 is 1.19 bits per heavy atom. The van der Waals surface area contributed by atoms with E-state index in [-0.39, 0.29) is 6.10 Å². The van der Waals surface area contributed by atoms with E-state index in [2.05, 4.69) is 53.0 Å². The highest BCUT2D eigenvalue weighted by atomic mass is 16.3. The molecule has 21 heavy (non-hydrogen) atoms. The van der Waals surface area contributed by atoms with E-state index in [9.17, 15) is 5.11 Å². The first-order chi connectivity index (χ1) is 10.1. The molecular weight excluding hydrogens is 262 g/mol. The lowest BCUT2D eigenvalue weighted by atomic mass is 10.0. The molecule has 0 radical (unpaired) electrons. The fraction of sp³-hybridized carbons (Fsp3) is 0.412. The summed E-state index contributed by atoms with van der Waals surface area (Å²) in [5.74, 6) is 2.16. The Balaban J connectivity index is 1.85. The second kappa shape index (κ2) is 5.82. The summed E-state index contributed by atoms with van der Waals surface area (Å²) in [6.45, 7) is 5.88. The molecule has 110 valence electrons. The van der Waals surface area contributed by atoms with Gasteiger partial charge in [-0.1, -0.05) is 38.1 Å². The van der Waals surface area contributed by atoms with Crippen molar-refractivity contribution in [2.24, 2.45) is 0 Å². The number of anilines is 1. The highest BCUT2D eigenvalue weighted by molar-refractivity contribution is 5.58. The van der Waals surface area contributed by atoms with Crippen molar-refractivity contribution in [1.29, 1.82) is 0 Å². The molecule has 1 unspecified atom stereocenters. The van der Waals surface area contributed by atoms with E-state index in [0.717, 1.165) is 30.2 Å². The number of hydrogen-bond donors (Lipinski definition) is 1. The van der Waals surface area contributed by atoms with E-state index in [1.165, 1.54) is 5.56 Å². The van der Waals surface area contributed by atoms with Gasteiger partial charge in [-0.3, -0.25) is 0 Å². The first-order valence-electron chi connectivity index (χ1n) is 7.50. The maximum atomic E-state index is 9.64. The lowest BCUT2D eigenvalue weighted by molar-refractivity contribution is 0.198. The van der Waals surface area contributed by atoms with Crippen LogP contribution < -0.4 is 4.90 Å². The summed E-state index contributed by atoms with van der Waals surface area (Å²) < 4.78 is 0. The van der Waals surface area contributed by atoms with Crippen LogP contribution in [0.4, 0.5) is 5.82 Å². The maximum Gasteiger partial charge on any atom is 0.161 e. The third kappa shape index (κ3) is 3.05. The van der Waals surface area contributed by atoms with Crippen LogP contribution in [0.25, 0.3) is 11.4 Å². The van der Waals surface area contributed by atoms with Crippen molar-refractivity contribution in [2.75, 3.05) is 18.0 Å². The van der Waals surface area contributed by atoms with Gasteiger partial charge in [-0.2, -0.15) is 0 Å². The lowest BCUT2D eigenvalue weighted by Gasteiger charge is -2.16. The second-order valence-electron chi connectivity index (χ2n) is 5.90. The van der Waals surface area contributed by atoms with Gasteiger partial charge in [0.2, 0.25) is 0 Å². The highest BCUT2D eigenvalue weighted by Crippen LogP contribution is 2.23. The standard InChI is InChI=1S/C17H21N3O/c1-12(2)13-3-5-14(6-4-13)17-18-9-7-16(19-17)20-10-8-15(21)11-20/h3-7,9,12,15,21H,8,10-11H2,1-2H3. The molecule has 1 aliphatic heterocycles. The highest BCUT2D eigenvalue weighted by Gasteiger charge is 2.21. The van der Waals surface area contributed by atoms with Crippen LogP contribution >= 0.6 is 0 Å². The van der Waals surface area contributed by atoms with Crippen LogP contribution in [0.2, 0.25) is 0 Å². The maximum absolute atomic E-state index is 9.64. The lowest BCUT2D eigenvalue weighted by Crippen LogP contribution is -2.22. The van der Waals surface area contributed by atoms with Crippen molar-refractivity contribution in [3.63, 3.8) is 0 Å². The van der Waals surface area contributed by atoms with E-state index >= 15 is 0 Å². The molecule has 1 atom stereocenters. The molecule has 0 saturated carbocycles. The molecule has 1 aromatic heterocycles. The van der Waals surface area contributed by atoms with Crippen LogP contribution in [0, 0.1) is 0 Å². The van der Waals surface area contributed by atoms with Gasteiger partial charge < -0.3 is 10.0 Å². The number of nitrogens with zero attached hydrogens (tertiary/aromatic N) is 3. The zero-order valence-electron chi connectivity index (χ0n) is 12.5. The molecule has 2 aromatic rings. The molecule has 0 bridgehead atoms. The van der Waals surface area contributed by atoms with E-state index < -0.39 is 0 Å². The summed E-state index contributed by atoms with van der Waals surface area (Å²) in [5.41, 5.74) is 2.35. The number of aliphatic hydroxyl groups excluding tert-OH is 1. The number of β-amino-alcohol motifs (C(OH)–C–C–N with tert-alkyl or cyclic N) is 1. The van der Waals surface area contributed by atoms with Crippen LogP contribution in [0.3, 0.4) is 0 Å². The summed E-state index contributed by atoms with van der Waals surface area (Å²) in [5, 5.41) is 9.64. The normalized spacial score (nSPS) is 18.5. The van der Waals surface area contributed by atoms with Gasteiger partial charge in [-0.25, -0.2) is 9.97 Å². The van der Waals surface area contributed by atoms with Crippen molar-refractivity contribution in [1.82, 2.24) is 9.97 Å². The Kier molecular flexibility index (Phi) is 3.88. The van der Waals surface area contributed by atoms with Gasteiger partial charge in [0, 0.05) is 24.8 Å². The minimum absolute atomic E-state index is 0.242. The molecule has 3 rings (SSSR count). The Hall–Kier alpha value is -1.94. The van der Waals surface area contributed by atoms with Crippen LogP contribution in [-0.4, -0.2) is 34.3 Å². The third-order valence-electron chi connectivity index (χ3n) is 3.96. The summed E-state index contributed by atoms with van der Waals surface area (Å²) in [6, 6.07) is 10.3. The van der Waals surface area contributed by atoms with Crippen LogP contribution in [0.1, 0.15) is 31.7 Å². The van der Waals surface area contributed by atoms with Gasteiger partial charge in [0.15, 0.2) is 5.82 Å². The first kappa shape index (κ1) is 14.0. The van der Waals surface area contributed by atoms with Gasteiger partial charge in [0.25, 0.3) is 0 Å². The number of hydrogen-bond acceptors (Lipinski definition) is 4. The molecule has 1 aliphatic rings. The molecule has 1 fully saturated rings. The summed E-state index contributed by atoms with van der Waals surface area (Å²) in [7, 11) is 0. The molecule has 4 nitrogen and oxygen atoms in total. The largest absolute Gasteiger partial charge is 0.391 e. The SMILES string of the molecule is CC(C)c1ccc(-c2nccc(N3CCC(O)C3)n2)cc1. The number of aromatic nitrogens is 2. The fourth-order valence-electron chi connectivity index (χ4n) is 2.63. The zero-order chi connectivity index (χ0) is 14.8. The van der Waals surface area contributed by atoms with Gasteiger partial charge in [-0.15, -0.1) is 0 Å². The second-order valence-corrected chi connectivity index (χ2v) is 5.90. The van der Waals surface area contributed by atoms with Gasteiger partial charge >= 0.3 is 0 Å². The molecule has 1 saturated heterocycles. The molecule has 2 heterocycles. The summed E-state index contributed by atoms with van der Waals surface area (Å²) in [6.07, 6.45) is 2.36. The Morgan fingerprint density at radius 2 is 1.95 bits per heavy atom. The minimum Gasteiger partial charge on any atom is -0.391 e. The average Bonchev–Trinajstić information content (AvgIpc) is 2.94. The number of aliphatic hydroxyl groups is 1. The van der Waals surface area contributed by atoms with Crippen molar-refractivity contribution in [3.8, 4) is 11.4 Å². The van der Waals surface area contributed by atoms with E-state index in [1.807, 2.05) is 6.07 Å². The van der Waals surface area contributed by atoms with Crippen molar-refractivity contribution in [3.05, 3.63) is 42.1 Å². The van der Waals surface area contributed by atoms with Crippen LogP contribution in [-0.2, 0) is 0 Å². The van der Waals surface area contributed by atoms with E-state index in [4.69, 9.17) is 0 Å². The molecular formula is C17H21N3O. The van der Waals surface area contributed by atoms with Crippen LogP contribution in [0.5, 0.6) is 0 Å². The first-order valence-corrected chi connectivity index (χ1v) is 7.50. The Bertz CT molecular complexity index is 610. The smallest absolute Gasteiger partial charge is 0.161 e. The average molecular weight is 283 g/mol. The summed E-state index contributed by atoms with van der Waals surface area (Å²) >= 11 is 0. The Labute approximate surface area is 125 Å². The molecule has 4 heteroatoms. The van der Waals surface area contributed by atoms with Gasteiger partial charge in [-0.05, 0) is 24.0 Å². The number of benzene rings is 1. The fourth-order valence-corrected chi connectivity index (χ4v) is 2.63. The zero-order valence-corrected chi connectivity index (χ0v) is 12.5. The predicted molar refractivity (Wildman–Crippen MR) is 84.4 cm³/mol. The van der Waals surface area contributed by atoms with E-state index in [1.54, 1.807) is 6.20 Å². The number of rotatable bonds is 3. The predicted octanol–water partition coefficient (Wildman–Crippen LogP) is 2.84. The van der Waals surface area contributed by atoms with Crippen LogP contribution in [0.15, 0.2) is 36.5 Å². The van der Waals surface area contributed by atoms with Crippen molar-refractivity contribution < 1.29 is 5.11 Å². The Morgan fingerprint density at radius 3 is 2.57 bits per heavy atom.